The zero-order chi connectivity index (χ0) is 13.0. The van der Waals surface area contributed by atoms with E-state index in [1.165, 1.54) is 6.08 Å². The van der Waals surface area contributed by atoms with E-state index in [2.05, 4.69) is 16.6 Å². The molecule has 17 heavy (non-hydrogen) atoms. The second kappa shape index (κ2) is 5.42. The highest BCUT2D eigenvalue weighted by molar-refractivity contribution is 5.69. The van der Waals surface area contributed by atoms with Crippen LogP contribution in [0.4, 0.5) is 22.0 Å². The van der Waals surface area contributed by atoms with Crippen molar-refractivity contribution in [3.8, 4) is 0 Å². The first-order valence-electron chi connectivity index (χ1n) is 4.27. The van der Waals surface area contributed by atoms with E-state index in [4.69, 9.17) is 0 Å². The van der Waals surface area contributed by atoms with Gasteiger partial charge in [-0.1, -0.05) is 11.7 Å². The summed E-state index contributed by atoms with van der Waals surface area (Å²) >= 11 is 0. The van der Waals surface area contributed by atoms with Crippen molar-refractivity contribution in [2.75, 3.05) is 0 Å². The average molecular weight is 251 g/mol. The van der Waals surface area contributed by atoms with Gasteiger partial charge in [0.1, 0.15) is 6.61 Å². The van der Waals surface area contributed by atoms with Gasteiger partial charge in [0, 0.05) is 0 Å². The Balaban J connectivity index is 3.07. The Bertz CT molecular complexity index is 443. The number of hydrogen-bond donors (Lipinski definition) is 0. The Kier molecular flexibility index (Phi) is 4.19. The van der Waals surface area contributed by atoms with Crippen molar-refractivity contribution in [3.05, 3.63) is 47.3 Å². The molecule has 0 aliphatic heterocycles. The van der Waals surface area contributed by atoms with Crippen LogP contribution in [0.2, 0.25) is 0 Å². The molecule has 0 aromatic heterocycles. The number of oxime groups is 1. The zero-order valence-electron chi connectivity index (χ0n) is 8.31. The fourth-order valence-corrected chi connectivity index (χ4v) is 0.965. The molecular formula is C10H6F5NO. The van der Waals surface area contributed by atoms with Crippen molar-refractivity contribution in [2.45, 2.75) is 6.61 Å². The Labute approximate surface area is 93.0 Å². The van der Waals surface area contributed by atoms with E-state index in [-0.39, 0.29) is 0 Å². The lowest BCUT2D eigenvalue weighted by Gasteiger charge is -2.06. The van der Waals surface area contributed by atoms with E-state index in [9.17, 15) is 22.0 Å². The molecule has 2 nitrogen and oxygen atoms in total. The summed E-state index contributed by atoms with van der Waals surface area (Å²) in [5.41, 5.74) is -1.08. The summed E-state index contributed by atoms with van der Waals surface area (Å²) in [6.07, 6.45) is 2.25. The Hall–Kier alpha value is -1.92. The van der Waals surface area contributed by atoms with E-state index in [1.54, 1.807) is 0 Å². The van der Waals surface area contributed by atoms with Crippen LogP contribution in [0.5, 0.6) is 0 Å². The minimum Gasteiger partial charge on any atom is -0.391 e. The summed E-state index contributed by atoms with van der Waals surface area (Å²) in [6, 6.07) is 0. The molecule has 1 aromatic carbocycles. The number of hydrogen-bond acceptors (Lipinski definition) is 2. The minimum absolute atomic E-state index is 0.879. The van der Waals surface area contributed by atoms with Crippen LogP contribution < -0.4 is 0 Å². The molecule has 0 atom stereocenters. The van der Waals surface area contributed by atoms with E-state index >= 15 is 0 Å². The molecule has 0 bridgehead atoms. The molecule has 0 aliphatic rings. The monoisotopic (exact) mass is 251 g/mol. The first kappa shape index (κ1) is 13.1. The van der Waals surface area contributed by atoms with Crippen LogP contribution in [-0.4, -0.2) is 6.21 Å². The zero-order valence-corrected chi connectivity index (χ0v) is 8.31. The van der Waals surface area contributed by atoms with E-state index in [0.29, 0.717) is 0 Å². The standard InChI is InChI=1S/C10H6F5NO/c1-2-3-16-17-4-5-6(11)8(13)10(15)9(14)7(5)12/h2-3H,1,4H2/b16-3-. The van der Waals surface area contributed by atoms with Crippen LogP contribution in [0, 0.1) is 29.1 Å². The van der Waals surface area contributed by atoms with Gasteiger partial charge >= 0.3 is 0 Å². The van der Waals surface area contributed by atoms with Gasteiger partial charge in [-0.05, 0) is 6.08 Å². The first-order valence-corrected chi connectivity index (χ1v) is 4.27. The number of rotatable bonds is 4. The summed E-state index contributed by atoms with van der Waals surface area (Å²) < 4.78 is 64.1. The Morgan fingerprint density at radius 3 is 1.88 bits per heavy atom. The van der Waals surface area contributed by atoms with Crippen LogP contribution in [0.25, 0.3) is 0 Å². The van der Waals surface area contributed by atoms with Crippen LogP contribution in [-0.2, 0) is 11.4 Å². The maximum absolute atomic E-state index is 13.0. The van der Waals surface area contributed by atoms with Gasteiger partial charge in [-0.25, -0.2) is 22.0 Å². The fraction of sp³-hybridized carbons (Fsp3) is 0.100. The number of nitrogens with zero attached hydrogens (tertiary/aromatic N) is 1. The summed E-state index contributed by atoms with van der Waals surface area (Å²) in [4.78, 5) is 4.33. The quantitative estimate of drug-likeness (QED) is 0.265. The molecule has 0 N–H and O–H groups in total. The highest BCUT2D eigenvalue weighted by Gasteiger charge is 2.25. The van der Waals surface area contributed by atoms with Gasteiger partial charge in [0.2, 0.25) is 5.82 Å². The van der Waals surface area contributed by atoms with Crippen molar-refractivity contribution < 1.29 is 26.8 Å². The highest BCUT2D eigenvalue weighted by Crippen LogP contribution is 2.23. The van der Waals surface area contributed by atoms with Crippen LogP contribution in [0.1, 0.15) is 5.56 Å². The molecule has 0 unspecified atom stereocenters. The number of allylic oxidation sites excluding steroid dienone is 1. The summed E-state index contributed by atoms with van der Waals surface area (Å²) in [7, 11) is 0. The summed E-state index contributed by atoms with van der Waals surface area (Å²) in [5.74, 6) is -10.1. The first-order chi connectivity index (χ1) is 8.00. The van der Waals surface area contributed by atoms with Gasteiger partial charge < -0.3 is 4.84 Å². The maximum atomic E-state index is 13.0. The topological polar surface area (TPSA) is 21.6 Å². The maximum Gasteiger partial charge on any atom is 0.200 e. The summed E-state index contributed by atoms with van der Waals surface area (Å²) in [6.45, 7) is 2.35. The molecule has 0 aliphatic carbocycles. The minimum atomic E-state index is -2.21. The van der Waals surface area contributed by atoms with Gasteiger partial charge in [0.15, 0.2) is 23.3 Å². The van der Waals surface area contributed by atoms with Crippen LogP contribution in [0.15, 0.2) is 17.8 Å². The van der Waals surface area contributed by atoms with Crippen molar-refractivity contribution in [3.63, 3.8) is 0 Å². The SMILES string of the molecule is C=C/C=N\OCc1c(F)c(F)c(F)c(F)c1F. The van der Waals surface area contributed by atoms with Crippen LogP contribution in [0.3, 0.4) is 0 Å². The third kappa shape index (κ3) is 2.61. The molecule has 0 spiro atoms. The fourth-order valence-electron chi connectivity index (χ4n) is 0.965. The molecule has 0 amide bonds. The van der Waals surface area contributed by atoms with Gasteiger partial charge in [-0.2, -0.15) is 0 Å². The molecule has 92 valence electrons. The van der Waals surface area contributed by atoms with Crippen molar-refractivity contribution >= 4 is 6.21 Å². The second-order valence-electron chi connectivity index (χ2n) is 2.81. The normalized spacial score (nSPS) is 10.9. The molecule has 0 saturated carbocycles. The van der Waals surface area contributed by atoms with Crippen molar-refractivity contribution in [1.82, 2.24) is 0 Å². The van der Waals surface area contributed by atoms with E-state index in [1.807, 2.05) is 0 Å². The van der Waals surface area contributed by atoms with E-state index < -0.39 is 41.3 Å². The smallest absolute Gasteiger partial charge is 0.200 e. The van der Waals surface area contributed by atoms with Crippen LogP contribution >= 0.6 is 0 Å². The molecule has 0 fully saturated rings. The van der Waals surface area contributed by atoms with Gasteiger partial charge in [0.25, 0.3) is 0 Å². The largest absolute Gasteiger partial charge is 0.391 e. The Morgan fingerprint density at radius 1 is 0.941 bits per heavy atom. The third-order valence-corrected chi connectivity index (χ3v) is 1.75. The van der Waals surface area contributed by atoms with Gasteiger partial charge in [-0.3, -0.25) is 0 Å². The third-order valence-electron chi connectivity index (χ3n) is 1.75. The molecule has 0 heterocycles. The molecule has 1 aromatic rings. The van der Waals surface area contributed by atoms with Gasteiger partial charge in [0.05, 0.1) is 11.8 Å². The second-order valence-corrected chi connectivity index (χ2v) is 2.81. The van der Waals surface area contributed by atoms with Crippen molar-refractivity contribution in [2.24, 2.45) is 5.16 Å². The van der Waals surface area contributed by atoms with E-state index in [0.717, 1.165) is 6.21 Å². The lowest BCUT2D eigenvalue weighted by Crippen LogP contribution is -2.07. The molecule has 1 rings (SSSR count). The average Bonchev–Trinajstić information content (AvgIpc) is 2.33. The van der Waals surface area contributed by atoms with Gasteiger partial charge in [-0.15, -0.1) is 0 Å². The lowest BCUT2D eigenvalue weighted by atomic mass is 10.2. The van der Waals surface area contributed by atoms with Crippen molar-refractivity contribution in [1.29, 1.82) is 0 Å². The Morgan fingerprint density at radius 2 is 1.41 bits per heavy atom. The molecule has 7 heteroatoms. The summed E-state index contributed by atoms with van der Waals surface area (Å²) in [5, 5.41) is 3.13. The number of benzene rings is 1. The predicted molar refractivity (Wildman–Crippen MR) is 49.7 cm³/mol. The lowest BCUT2D eigenvalue weighted by molar-refractivity contribution is 0.124. The highest BCUT2D eigenvalue weighted by atomic mass is 19.2. The molecule has 0 saturated heterocycles. The molecule has 0 radical (unpaired) electrons. The number of halogens is 5. The molecular weight excluding hydrogens is 245 g/mol. The predicted octanol–water partition coefficient (Wildman–Crippen LogP) is 3.07.